The predicted octanol–water partition coefficient (Wildman–Crippen LogP) is 0.434. The van der Waals surface area contributed by atoms with E-state index in [0.29, 0.717) is 0 Å². The van der Waals surface area contributed by atoms with Gasteiger partial charge in [0.15, 0.2) is 6.26 Å². The SMILES string of the molecule is C=C=CON1CN(C(=O)C=C)CN(C(=O)C=C)C1. The largest absolute Gasteiger partial charge is 0.402 e. The van der Waals surface area contributed by atoms with Crippen molar-refractivity contribution < 1.29 is 14.4 Å². The van der Waals surface area contributed by atoms with E-state index < -0.39 is 0 Å². The molecule has 6 nitrogen and oxygen atoms in total. The quantitative estimate of drug-likeness (QED) is 0.412. The van der Waals surface area contributed by atoms with Crippen molar-refractivity contribution in [2.45, 2.75) is 0 Å². The average molecular weight is 249 g/mol. The second kappa shape index (κ2) is 6.44. The van der Waals surface area contributed by atoms with Gasteiger partial charge in [-0.2, -0.15) is 0 Å². The lowest BCUT2D eigenvalue weighted by atomic mass is 10.4. The number of carbonyl (C=O) groups is 2. The summed E-state index contributed by atoms with van der Waals surface area (Å²) in [5, 5.41) is 1.42. The van der Waals surface area contributed by atoms with Crippen LogP contribution >= 0.6 is 0 Å². The average Bonchev–Trinajstić information content (AvgIpc) is 2.42. The molecule has 0 radical (unpaired) electrons. The Morgan fingerprint density at radius 1 is 1.06 bits per heavy atom. The molecule has 1 fully saturated rings. The maximum absolute atomic E-state index is 11.6. The van der Waals surface area contributed by atoms with Crippen LogP contribution in [-0.4, -0.2) is 46.7 Å². The Morgan fingerprint density at radius 2 is 1.56 bits per heavy atom. The van der Waals surface area contributed by atoms with Crippen molar-refractivity contribution in [3.8, 4) is 0 Å². The highest BCUT2D eigenvalue weighted by Crippen LogP contribution is 2.09. The highest BCUT2D eigenvalue weighted by Gasteiger charge is 2.28. The Morgan fingerprint density at radius 3 is 1.94 bits per heavy atom. The van der Waals surface area contributed by atoms with Crippen LogP contribution in [0.3, 0.4) is 0 Å². The first-order valence-electron chi connectivity index (χ1n) is 5.21. The van der Waals surface area contributed by atoms with E-state index in [1.807, 2.05) is 0 Å². The zero-order valence-corrected chi connectivity index (χ0v) is 10.0. The Kier molecular flexibility index (Phi) is 4.92. The van der Waals surface area contributed by atoms with Crippen LogP contribution in [-0.2, 0) is 14.4 Å². The van der Waals surface area contributed by atoms with Gasteiger partial charge in [0, 0.05) is 0 Å². The summed E-state index contributed by atoms with van der Waals surface area (Å²) in [7, 11) is 0. The van der Waals surface area contributed by atoms with E-state index in [2.05, 4.69) is 25.5 Å². The molecule has 18 heavy (non-hydrogen) atoms. The Balaban J connectivity index is 2.80. The van der Waals surface area contributed by atoms with Crippen molar-refractivity contribution in [1.82, 2.24) is 14.9 Å². The molecule has 1 aliphatic heterocycles. The van der Waals surface area contributed by atoms with Gasteiger partial charge in [-0.25, -0.2) is 0 Å². The van der Waals surface area contributed by atoms with Crippen LogP contribution in [0.4, 0.5) is 0 Å². The van der Waals surface area contributed by atoms with Crippen LogP contribution in [0.25, 0.3) is 0 Å². The Hall–Kier alpha value is -2.30. The normalized spacial score (nSPS) is 15.6. The minimum Gasteiger partial charge on any atom is -0.402 e. The van der Waals surface area contributed by atoms with E-state index in [-0.39, 0.29) is 31.8 Å². The van der Waals surface area contributed by atoms with Crippen molar-refractivity contribution in [2.24, 2.45) is 0 Å². The molecule has 0 bridgehead atoms. The number of rotatable bonds is 4. The summed E-state index contributed by atoms with van der Waals surface area (Å²) < 4.78 is 0. The van der Waals surface area contributed by atoms with Gasteiger partial charge in [-0.15, -0.1) is 5.06 Å². The molecule has 1 saturated heterocycles. The zero-order chi connectivity index (χ0) is 13.5. The number of hydrogen-bond donors (Lipinski definition) is 0. The molecule has 0 saturated carbocycles. The fourth-order valence-corrected chi connectivity index (χ4v) is 1.44. The summed E-state index contributed by atoms with van der Waals surface area (Å²) in [6.45, 7) is 10.8. The Bertz CT molecular complexity index is 385. The molecule has 1 aliphatic rings. The van der Waals surface area contributed by atoms with Gasteiger partial charge in [0.25, 0.3) is 0 Å². The summed E-state index contributed by atoms with van der Waals surface area (Å²) in [6, 6.07) is 0. The monoisotopic (exact) mass is 249 g/mol. The fourth-order valence-electron chi connectivity index (χ4n) is 1.44. The molecule has 0 N–H and O–H groups in total. The molecule has 2 amide bonds. The highest BCUT2D eigenvalue weighted by atomic mass is 16.7. The van der Waals surface area contributed by atoms with Crippen molar-refractivity contribution in [3.05, 3.63) is 43.9 Å². The van der Waals surface area contributed by atoms with E-state index in [1.165, 1.54) is 33.3 Å². The second-order valence-corrected chi connectivity index (χ2v) is 3.50. The standard InChI is InChI=1S/C12H15N3O3/c1-4-7-18-15-9-13(11(16)5-2)8-14(10-15)12(17)6-3/h5-7H,1-3,8-10H2. The lowest BCUT2D eigenvalue weighted by Gasteiger charge is -2.39. The van der Waals surface area contributed by atoms with Gasteiger partial charge in [0.2, 0.25) is 11.8 Å². The molecule has 0 aliphatic carbocycles. The van der Waals surface area contributed by atoms with Gasteiger partial charge in [-0.1, -0.05) is 25.5 Å². The predicted molar refractivity (Wildman–Crippen MR) is 65.3 cm³/mol. The smallest absolute Gasteiger partial charge is 0.248 e. The van der Waals surface area contributed by atoms with E-state index in [4.69, 9.17) is 4.84 Å². The molecule has 0 spiro atoms. The van der Waals surface area contributed by atoms with Crippen LogP contribution in [0.2, 0.25) is 0 Å². The fraction of sp³-hybridized carbons (Fsp3) is 0.250. The summed E-state index contributed by atoms with van der Waals surface area (Å²) in [5.41, 5.74) is 2.44. The van der Waals surface area contributed by atoms with Crippen molar-refractivity contribution >= 4 is 11.8 Å². The van der Waals surface area contributed by atoms with E-state index in [9.17, 15) is 9.59 Å². The summed E-state index contributed by atoms with van der Waals surface area (Å²) in [6.07, 6.45) is 3.62. The first-order valence-corrected chi connectivity index (χ1v) is 5.21. The van der Waals surface area contributed by atoms with E-state index in [0.717, 1.165) is 0 Å². The summed E-state index contributed by atoms with van der Waals surface area (Å²) in [4.78, 5) is 31.1. The minimum absolute atomic E-state index is 0.174. The lowest BCUT2D eigenvalue weighted by Crippen LogP contribution is -2.57. The van der Waals surface area contributed by atoms with Gasteiger partial charge in [-0.05, 0) is 12.2 Å². The molecule has 1 heterocycles. The molecule has 1 rings (SSSR count). The third-order valence-electron chi connectivity index (χ3n) is 2.26. The van der Waals surface area contributed by atoms with Crippen LogP contribution in [0.1, 0.15) is 0 Å². The maximum Gasteiger partial charge on any atom is 0.248 e. The number of amides is 2. The van der Waals surface area contributed by atoms with Crippen LogP contribution < -0.4 is 0 Å². The molecule has 96 valence electrons. The van der Waals surface area contributed by atoms with Crippen molar-refractivity contribution in [1.29, 1.82) is 0 Å². The van der Waals surface area contributed by atoms with Crippen LogP contribution in [0.15, 0.2) is 43.9 Å². The first-order chi connectivity index (χ1) is 8.62. The number of hydroxylamine groups is 2. The molecular formula is C12H15N3O3. The minimum atomic E-state index is -0.284. The number of hydrogen-bond acceptors (Lipinski definition) is 4. The van der Waals surface area contributed by atoms with E-state index >= 15 is 0 Å². The number of nitrogens with zero attached hydrogens (tertiary/aromatic N) is 3. The highest BCUT2D eigenvalue weighted by molar-refractivity contribution is 5.89. The van der Waals surface area contributed by atoms with Gasteiger partial charge < -0.3 is 14.6 Å². The number of carbonyl (C=O) groups excluding carboxylic acids is 2. The zero-order valence-electron chi connectivity index (χ0n) is 10.0. The molecule has 0 aromatic rings. The summed E-state index contributed by atoms with van der Waals surface area (Å²) in [5.74, 6) is -0.569. The van der Waals surface area contributed by atoms with Gasteiger partial charge in [0.05, 0.1) is 6.67 Å². The van der Waals surface area contributed by atoms with E-state index in [1.54, 1.807) is 0 Å². The lowest BCUT2D eigenvalue weighted by molar-refractivity contribution is -0.201. The molecule has 6 heteroatoms. The molecule has 0 unspecified atom stereocenters. The molecule has 0 atom stereocenters. The maximum atomic E-state index is 11.6. The molecule has 0 aromatic carbocycles. The van der Waals surface area contributed by atoms with Crippen molar-refractivity contribution in [2.75, 3.05) is 20.0 Å². The third kappa shape index (κ3) is 3.35. The molecule has 0 aromatic heterocycles. The summed E-state index contributed by atoms with van der Waals surface area (Å²) >= 11 is 0. The van der Waals surface area contributed by atoms with Crippen LogP contribution in [0, 0.1) is 0 Å². The van der Waals surface area contributed by atoms with Crippen LogP contribution in [0.5, 0.6) is 0 Å². The van der Waals surface area contributed by atoms with Gasteiger partial charge in [-0.3, -0.25) is 9.59 Å². The van der Waals surface area contributed by atoms with Gasteiger partial charge >= 0.3 is 0 Å². The Labute approximate surface area is 106 Å². The molecular weight excluding hydrogens is 234 g/mol. The van der Waals surface area contributed by atoms with Gasteiger partial charge in [0.1, 0.15) is 13.3 Å². The first kappa shape index (κ1) is 13.8. The topological polar surface area (TPSA) is 53.1 Å². The second-order valence-electron chi connectivity index (χ2n) is 3.50. The van der Waals surface area contributed by atoms with Crippen molar-refractivity contribution in [3.63, 3.8) is 0 Å². The third-order valence-corrected chi connectivity index (χ3v) is 2.26.